The van der Waals surface area contributed by atoms with Crippen molar-refractivity contribution in [3.63, 3.8) is 0 Å². The van der Waals surface area contributed by atoms with E-state index < -0.39 is 6.10 Å². The summed E-state index contributed by atoms with van der Waals surface area (Å²) < 4.78 is 6.83. The van der Waals surface area contributed by atoms with Gasteiger partial charge in [0.1, 0.15) is 5.75 Å². The van der Waals surface area contributed by atoms with Crippen LogP contribution in [0.1, 0.15) is 38.8 Å². The number of hydrogen-bond acceptors (Lipinski definition) is 3. The van der Waals surface area contributed by atoms with E-state index in [1.807, 2.05) is 0 Å². The van der Waals surface area contributed by atoms with Crippen LogP contribution in [0, 0.1) is 0 Å². The summed E-state index contributed by atoms with van der Waals surface area (Å²) in [5.74, 6) is 0.979. The first-order valence-corrected chi connectivity index (χ1v) is 8.56. The molecule has 1 aromatic rings. The van der Waals surface area contributed by atoms with Gasteiger partial charge in [0.2, 0.25) is 0 Å². The van der Waals surface area contributed by atoms with Gasteiger partial charge < -0.3 is 9.84 Å². The van der Waals surface area contributed by atoms with Crippen LogP contribution in [0.3, 0.4) is 0 Å². The lowest BCUT2D eigenvalue weighted by atomic mass is 9.89. The molecule has 0 amide bonds. The highest BCUT2D eigenvalue weighted by atomic mass is 79.9. The zero-order valence-electron chi connectivity index (χ0n) is 13.4. The quantitative estimate of drug-likeness (QED) is 0.848. The molecule has 1 N–H and O–H groups in total. The summed E-state index contributed by atoms with van der Waals surface area (Å²) in [7, 11) is 0. The van der Waals surface area contributed by atoms with Gasteiger partial charge in [-0.2, -0.15) is 0 Å². The van der Waals surface area contributed by atoms with Crippen molar-refractivity contribution in [1.29, 1.82) is 0 Å². The van der Waals surface area contributed by atoms with Gasteiger partial charge in [-0.15, -0.1) is 0 Å². The van der Waals surface area contributed by atoms with Gasteiger partial charge in [0.05, 0.1) is 12.7 Å². The number of likely N-dealkylation sites (N-methyl/N-ethyl adjacent to an activating group) is 1. The molecule has 0 radical (unpaired) electrons. The van der Waals surface area contributed by atoms with Crippen LogP contribution in [-0.2, 0) is 12.8 Å². The highest BCUT2D eigenvalue weighted by molar-refractivity contribution is 9.10. The molecule has 0 spiro atoms. The van der Waals surface area contributed by atoms with Crippen LogP contribution in [0.4, 0.5) is 0 Å². The molecule has 1 heterocycles. The molecule has 1 unspecified atom stereocenters. The first kappa shape index (κ1) is 16.8. The van der Waals surface area contributed by atoms with Crippen LogP contribution in [0.15, 0.2) is 16.6 Å². The van der Waals surface area contributed by atoms with Gasteiger partial charge in [0.25, 0.3) is 0 Å². The molecule has 0 bridgehead atoms. The predicted molar refractivity (Wildman–Crippen MR) is 90.1 cm³/mol. The Morgan fingerprint density at radius 2 is 2.00 bits per heavy atom. The fourth-order valence-corrected chi connectivity index (χ4v) is 3.76. The van der Waals surface area contributed by atoms with Crippen LogP contribution >= 0.6 is 15.9 Å². The van der Waals surface area contributed by atoms with Crippen LogP contribution in [0.5, 0.6) is 5.75 Å². The van der Waals surface area contributed by atoms with E-state index >= 15 is 0 Å². The van der Waals surface area contributed by atoms with Crippen molar-refractivity contribution in [1.82, 2.24) is 4.90 Å². The molecule has 21 heavy (non-hydrogen) atoms. The number of halogens is 1. The lowest BCUT2D eigenvalue weighted by Gasteiger charge is -2.41. The Labute approximate surface area is 136 Å². The molecular formula is C17H26BrNO2. The molecule has 1 aromatic carbocycles. The number of aliphatic hydroxyl groups excluding tert-OH is 1. The van der Waals surface area contributed by atoms with E-state index in [0.29, 0.717) is 6.42 Å². The minimum absolute atomic E-state index is 0.253. The summed E-state index contributed by atoms with van der Waals surface area (Å²) in [4.78, 5) is 2.30. The van der Waals surface area contributed by atoms with Gasteiger partial charge >= 0.3 is 0 Å². The van der Waals surface area contributed by atoms with Gasteiger partial charge in [-0.1, -0.05) is 29.8 Å². The van der Waals surface area contributed by atoms with Crippen molar-refractivity contribution in [2.75, 3.05) is 19.7 Å². The SMILES string of the molecule is CCN(CC)C(C)(C)C(O)Cc1cc(Br)cc2c1OCC2. The third-order valence-electron chi connectivity index (χ3n) is 4.63. The summed E-state index contributed by atoms with van der Waals surface area (Å²) in [5, 5.41) is 10.8. The minimum atomic E-state index is -0.431. The molecule has 3 nitrogen and oxygen atoms in total. The van der Waals surface area contributed by atoms with Crippen molar-refractivity contribution in [2.24, 2.45) is 0 Å². The molecule has 0 saturated carbocycles. The summed E-state index contributed by atoms with van der Waals surface area (Å²) >= 11 is 3.56. The molecule has 2 rings (SSSR count). The van der Waals surface area contributed by atoms with Gasteiger partial charge in [-0.3, -0.25) is 4.90 Å². The van der Waals surface area contributed by atoms with Crippen LogP contribution in [0.25, 0.3) is 0 Å². The third kappa shape index (κ3) is 3.43. The molecule has 4 heteroatoms. The highest BCUT2D eigenvalue weighted by Crippen LogP contribution is 2.35. The number of rotatable bonds is 6. The maximum absolute atomic E-state index is 10.8. The minimum Gasteiger partial charge on any atom is -0.493 e. The third-order valence-corrected chi connectivity index (χ3v) is 5.09. The topological polar surface area (TPSA) is 32.7 Å². The van der Waals surface area contributed by atoms with E-state index in [0.717, 1.165) is 41.9 Å². The number of benzene rings is 1. The molecule has 0 aromatic heterocycles. The average Bonchev–Trinajstić information content (AvgIpc) is 2.87. The van der Waals surface area contributed by atoms with E-state index in [1.165, 1.54) is 5.56 Å². The zero-order chi connectivity index (χ0) is 15.6. The molecule has 0 fully saturated rings. The molecule has 118 valence electrons. The lowest BCUT2D eigenvalue weighted by Crippen LogP contribution is -2.53. The summed E-state index contributed by atoms with van der Waals surface area (Å²) in [6.45, 7) is 11.1. The fraction of sp³-hybridized carbons (Fsp3) is 0.647. The van der Waals surface area contributed by atoms with Gasteiger partial charge in [-0.05, 0) is 50.2 Å². The summed E-state index contributed by atoms with van der Waals surface area (Å²) in [6.07, 6.45) is 1.14. The van der Waals surface area contributed by atoms with Gasteiger partial charge in [0, 0.05) is 22.9 Å². The fourth-order valence-electron chi connectivity index (χ4n) is 3.21. The largest absolute Gasteiger partial charge is 0.493 e. The van der Waals surface area contributed by atoms with Gasteiger partial charge in [0.15, 0.2) is 0 Å². The molecule has 1 aliphatic heterocycles. The maximum Gasteiger partial charge on any atom is 0.125 e. The lowest BCUT2D eigenvalue weighted by molar-refractivity contribution is -0.00440. The Balaban J connectivity index is 2.22. The Bertz CT molecular complexity index is 498. The van der Waals surface area contributed by atoms with E-state index in [-0.39, 0.29) is 5.54 Å². The Hall–Kier alpha value is -0.580. The molecule has 1 aliphatic rings. The first-order valence-electron chi connectivity index (χ1n) is 7.77. The molecule has 1 atom stereocenters. The Kier molecular flexibility index (Phi) is 5.33. The zero-order valence-corrected chi connectivity index (χ0v) is 15.0. The number of nitrogens with zero attached hydrogens (tertiary/aromatic N) is 1. The van der Waals surface area contributed by atoms with Crippen LogP contribution in [-0.4, -0.2) is 41.3 Å². The summed E-state index contributed by atoms with van der Waals surface area (Å²) in [5.41, 5.74) is 2.09. The molecule has 0 aliphatic carbocycles. The van der Waals surface area contributed by atoms with Crippen molar-refractivity contribution < 1.29 is 9.84 Å². The molecule has 0 saturated heterocycles. The number of hydrogen-bond donors (Lipinski definition) is 1. The predicted octanol–water partition coefficient (Wildman–Crippen LogP) is 3.41. The smallest absolute Gasteiger partial charge is 0.125 e. The number of aliphatic hydroxyl groups is 1. The maximum atomic E-state index is 10.8. The van der Waals surface area contributed by atoms with Crippen molar-refractivity contribution in [3.8, 4) is 5.75 Å². The van der Waals surface area contributed by atoms with Crippen molar-refractivity contribution in [2.45, 2.75) is 52.2 Å². The number of ether oxygens (including phenoxy) is 1. The van der Waals surface area contributed by atoms with E-state index in [9.17, 15) is 5.11 Å². The van der Waals surface area contributed by atoms with Gasteiger partial charge in [-0.25, -0.2) is 0 Å². The Morgan fingerprint density at radius 3 is 2.62 bits per heavy atom. The van der Waals surface area contributed by atoms with E-state index in [1.54, 1.807) is 0 Å². The second-order valence-corrected chi connectivity index (χ2v) is 7.11. The second kappa shape index (κ2) is 6.67. The van der Waals surface area contributed by atoms with Crippen LogP contribution in [0.2, 0.25) is 0 Å². The molecular weight excluding hydrogens is 330 g/mol. The average molecular weight is 356 g/mol. The van der Waals surface area contributed by atoms with Crippen molar-refractivity contribution >= 4 is 15.9 Å². The van der Waals surface area contributed by atoms with E-state index in [4.69, 9.17) is 4.74 Å². The monoisotopic (exact) mass is 355 g/mol. The van der Waals surface area contributed by atoms with Crippen LogP contribution < -0.4 is 4.74 Å². The second-order valence-electron chi connectivity index (χ2n) is 6.20. The highest BCUT2D eigenvalue weighted by Gasteiger charge is 2.33. The van der Waals surface area contributed by atoms with E-state index in [2.05, 4.69) is 60.7 Å². The van der Waals surface area contributed by atoms with Crippen molar-refractivity contribution in [3.05, 3.63) is 27.7 Å². The summed E-state index contributed by atoms with van der Waals surface area (Å²) in [6, 6.07) is 4.19. The Morgan fingerprint density at radius 1 is 1.33 bits per heavy atom. The standard InChI is InChI=1S/C17H26BrNO2/c1-5-19(6-2)17(3,4)15(20)11-13-10-14(18)9-12-7-8-21-16(12)13/h9-10,15,20H,5-8,11H2,1-4H3. The normalized spacial score (nSPS) is 16.0. The number of fused-ring (bicyclic) bond motifs is 1. The first-order chi connectivity index (χ1) is 9.90.